The maximum Gasteiger partial charge on any atom is 0.227 e. The first-order valence-corrected chi connectivity index (χ1v) is 24.6. The molecule has 0 atom stereocenters. The average molecular weight is 972 g/mol. The number of hydrogen-bond donors (Lipinski definition) is 1. The van der Waals surface area contributed by atoms with E-state index < -0.39 is 0 Å². The highest BCUT2D eigenvalue weighted by atomic mass is 32.1. The van der Waals surface area contributed by atoms with Gasteiger partial charge in [0.05, 0.1) is 5.52 Å². The van der Waals surface area contributed by atoms with Crippen LogP contribution in [0.5, 0.6) is 0 Å². The van der Waals surface area contributed by atoms with Gasteiger partial charge < -0.3 is 13.9 Å². The second-order valence-electron chi connectivity index (χ2n) is 17.4. The number of thiol groups is 1. The van der Waals surface area contributed by atoms with Gasteiger partial charge in [-0.1, -0.05) is 152 Å². The first-order valence-electron chi connectivity index (χ1n) is 24.3. The summed E-state index contributed by atoms with van der Waals surface area (Å²) in [5.74, 6) is 0.620. The summed E-state index contributed by atoms with van der Waals surface area (Å²) in [5, 5.41) is 1.12. The van der Waals surface area contributed by atoms with Crippen molar-refractivity contribution in [1.29, 1.82) is 0 Å². The number of hydrogen-bond acceptors (Lipinski definition) is 4. The molecule has 6 heteroatoms. The van der Waals surface area contributed by atoms with E-state index >= 15 is 0 Å². The molecule has 2 aromatic heterocycles. The van der Waals surface area contributed by atoms with Gasteiger partial charge in [0.15, 0.2) is 5.58 Å². The third-order valence-corrected chi connectivity index (χ3v) is 13.3. The van der Waals surface area contributed by atoms with Crippen LogP contribution in [0.2, 0.25) is 0 Å². The Kier molecular flexibility index (Phi) is 16.7. The van der Waals surface area contributed by atoms with Crippen LogP contribution in [0, 0.1) is 19.8 Å². The van der Waals surface area contributed by atoms with Gasteiger partial charge in [0.1, 0.15) is 5.52 Å². The largest absolute Gasteiger partial charge is 0.436 e. The summed E-state index contributed by atoms with van der Waals surface area (Å²) in [5.41, 5.74) is 22.1. The van der Waals surface area contributed by atoms with Gasteiger partial charge in [0.25, 0.3) is 0 Å². The minimum atomic E-state index is 0.620. The van der Waals surface area contributed by atoms with Gasteiger partial charge in [-0.3, -0.25) is 0 Å². The quantitative estimate of drug-likeness (QED) is 0.0642. The summed E-state index contributed by atoms with van der Waals surface area (Å²) < 4.78 is 18.1. The smallest absolute Gasteiger partial charge is 0.227 e. The molecule has 0 fully saturated rings. The van der Waals surface area contributed by atoms with Crippen molar-refractivity contribution in [3.05, 3.63) is 265 Å². The first-order chi connectivity index (χ1) is 36.0. The van der Waals surface area contributed by atoms with E-state index in [0.717, 1.165) is 63.9 Å². The van der Waals surface area contributed by atoms with Gasteiger partial charge in [-0.15, -0.1) is 26.0 Å². The van der Waals surface area contributed by atoms with Crippen LogP contribution < -0.4 is 4.90 Å². The molecular formula is C67H58FN3OS. The summed E-state index contributed by atoms with van der Waals surface area (Å²) in [6.07, 6.45) is 29.7. The number of anilines is 1. The molecule has 2 aliphatic carbocycles. The average Bonchev–Trinajstić information content (AvgIpc) is 3.81. The van der Waals surface area contributed by atoms with Gasteiger partial charge in [-0.25, -0.2) is 4.98 Å². The maximum absolute atomic E-state index is 9.19. The second-order valence-corrected chi connectivity index (χ2v) is 17.4. The number of benzene rings is 7. The van der Waals surface area contributed by atoms with Crippen molar-refractivity contribution >= 4 is 46.8 Å². The Morgan fingerprint density at radius 3 is 2.05 bits per heavy atom. The number of oxazole rings is 1. The SMILES string of the molecule is C#C.C/C=C\C=C/CN(C1=CCC=C(/C(C)=C/c2c(C)n(-c3ccc(-c4ccc5c(c4)-c4ccccc4Cc4ccccc4-5)cc3)c3cc4nc(-c5ccccc5)oc4cc23)C=C1)c1ccccc1.C=C.FS. The van der Waals surface area contributed by atoms with Crippen molar-refractivity contribution in [2.24, 2.45) is 0 Å². The van der Waals surface area contributed by atoms with Crippen LogP contribution in [0.4, 0.5) is 9.57 Å². The lowest BCUT2D eigenvalue weighted by Gasteiger charge is -2.24. The molecule has 0 spiro atoms. The molecule has 11 rings (SSSR count). The fourth-order valence-corrected chi connectivity index (χ4v) is 9.88. The molecule has 0 radical (unpaired) electrons. The van der Waals surface area contributed by atoms with Gasteiger partial charge in [-0.2, -0.15) is 3.89 Å². The lowest BCUT2D eigenvalue weighted by Crippen LogP contribution is -2.21. The van der Waals surface area contributed by atoms with Crippen molar-refractivity contribution in [1.82, 2.24) is 9.55 Å². The Bertz CT molecular complexity index is 3580. The van der Waals surface area contributed by atoms with E-state index in [0.29, 0.717) is 5.89 Å². The number of halogens is 1. The van der Waals surface area contributed by atoms with Crippen LogP contribution >= 0.6 is 13.0 Å². The van der Waals surface area contributed by atoms with E-state index in [-0.39, 0.29) is 0 Å². The molecule has 0 aliphatic heterocycles. The van der Waals surface area contributed by atoms with Crippen LogP contribution in [0.1, 0.15) is 42.7 Å². The number of para-hydroxylation sites is 1. The van der Waals surface area contributed by atoms with Gasteiger partial charge in [0, 0.05) is 58.8 Å². The lowest BCUT2D eigenvalue weighted by molar-refractivity contribution is 0.620. The Hall–Kier alpha value is -8.63. The Morgan fingerprint density at radius 1 is 0.712 bits per heavy atom. The lowest BCUT2D eigenvalue weighted by atomic mass is 9.91. The zero-order valence-corrected chi connectivity index (χ0v) is 42.4. The fourth-order valence-electron chi connectivity index (χ4n) is 9.88. The third-order valence-electron chi connectivity index (χ3n) is 13.3. The third kappa shape index (κ3) is 10.7. The highest BCUT2D eigenvalue weighted by Crippen LogP contribution is 2.43. The monoisotopic (exact) mass is 971 g/mol. The maximum atomic E-state index is 9.19. The Balaban J connectivity index is 0.00000114. The van der Waals surface area contributed by atoms with Crippen molar-refractivity contribution in [2.75, 3.05) is 11.4 Å². The van der Waals surface area contributed by atoms with Crippen LogP contribution in [0.15, 0.2) is 247 Å². The fraction of sp³-hybridized carbons (Fsp3) is 0.0896. The summed E-state index contributed by atoms with van der Waals surface area (Å²) in [6.45, 7) is 13.3. The highest BCUT2D eigenvalue weighted by Gasteiger charge is 2.22. The minimum Gasteiger partial charge on any atom is -0.436 e. The van der Waals surface area contributed by atoms with E-state index in [4.69, 9.17) is 9.40 Å². The molecule has 0 saturated heterocycles. The number of rotatable bonds is 10. The predicted molar refractivity (Wildman–Crippen MR) is 313 cm³/mol. The molecule has 4 nitrogen and oxygen atoms in total. The molecule has 73 heavy (non-hydrogen) atoms. The summed E-state index contributed by atoms with van der Waals surface area (Å²) in [4.78, 5) is 7.39. The van der Waals surface area contributed by atoms with Crippen LogP contribution in [-0.4, -0.2) is 16.1 Å². The Morgan fingerprint density at radius 2 is 1.36 bits per heavy atom. The van der Waals surface area contributed by atoms with Crippen molar-refractivity contribution in [3.8, 4) is 63.4 Å². The van der Waals surface area contributed by atoms with Gasteiger partial charge in [-0.05, 0) is 156 Å². The molecule has 0 unspecified atom stereocenters. The van der Waals surface area contributed by atoms with Crippen LogP contribution in [0.3, 0.4) is 0 Å². The Labute approximate surface area is 435 Å². The summed E-state index contributed by atoms with van der Waals surface area (Å²) in [6, 6.07) is 58.9. The zero-order valence-electron chi connectivity index (χ0n) is 41.5. The predicted octanol–water partition coefficient (Wildman–Crippen LogP) is 18.3. The standard InChI is InChI=1S/C63H51N3O.C2H4.C2H2.FHS/c1-4-5-6-17-37-65(51-24-11-8-12-25-51)52-26-18-23-45(29-33-52)43(2)38-57-44(3)66(61-42-60-62(41-59(57)61)67-63(64-60)47-19-9-7-10-20-47)53-34-30-46(31-35-53)48-32-36-56-54-27-15-13-21-49(54)39-50-22-14-16-28-55(50)58(56)40-48;3*1-2/h4-17,19-36,38,40-42H,18,37,39H2,1-3H3;1-2H2;1-2H;2H/b5-4-,17-6-,43-38+;;;. The molecule has 7 aromatic carbocycles. The van der Waals surface area contributed by atoms with Crippen LogP contribution in [0.25, 0.3) is 78.6 Å². The van der Waals surface area contributed by atoms with Gasteiger partial charge in [0.2, 0.25) is 5.89 Å². The number of nitrogens with zero attached hydrogens (tertiary/aromatic N) is 3. The second kappa shape index (κ2) is 24.0. The number of fused-ring (bicyclic) bond motifs is 7. The number of terminal acetylenes is 1. The highest BCUT2D eigenvalue weighted by molar-refractivity contribution is 7.74. The molecule has 0 N–H and O–H groups in total. The molecule has 2 aliphatic rings. The van der Waals surface area contributed by atoms with Gasteiger partial charge >= 0.3 is 0 Å². The topological polar surface area (TPSA) is 34.2 Å². The van der Waals surface area contributed by atoms with Crippen molar-refractivity contribution < 1.29 is 8.30 Å². The summed E-state index contributed by atoms with van der Waals surface area (Å²) >= 11 is 2.03. The van der Waals surface area contributed by atoms with E-state index in [1.54, 1.807) is 0 Å². The first kappa shape index (κ1) is 50.7. The molecule has 9 aromatic rings. The number of aromatic nitrogens is 2. The molecule has 0 amide bonds. The van der Waals surface area contributed by atoms with E-state index in [2.05, 4.69) is 237 Å². The zero-order chi connectivity index (χ0) is 51.3. The molecular weight excluding hydrogens is 914 g/mol. The normalized spacial score (nSPS) is 12.7. The summed E-state index contributed by atoms with van der Waals surface area (Å²) in [7, 11) is 0. The van der Waals surface area contributed by atoms with E-state index in [9.17, 15) is 3.89 Å². The van der Waals surface area contributed by atoms with Crippen molar-refractivity contribution in [3.63, 3.8) is 0 Å². The molecule has 0 bridgehead atoms. The molecule has 360 valence electrons. The molecule has 0 saturated carbocycles. The van der Waals surface area contributed by atoms with Crippen LogP contribution in [-0.2, 0) is 6.42 Å². The number of allylic oxidation sites excluding steroid dienone is 9. The van der Waals surface area contributed by atoms with Crippen molar-refractivity contribution in [2.45, 2.75) is 33.6 Å². The minimum absolute atomic E-state index is 0.620. The van der Waals surface area contributed by atoms with E-state index in [1.165, 1.54) is 67.0 Å². The molecule has 2 heterocycles. The van der Waals surface area contributed by atoms with E-state index in [1.807, 2.05) is 50.3 Å².